The van der Waals surface area contributed by atoms with E-state index in [-0.39, 0.29) is 17.9 Å². The van der Waals surface area contributed by atoms with E-state index < -0.39 is 6.04 Å². The van der Waals surface area contributed by atoms with Crippen molar-refractivity contribution >= 4 is 29.3 Å². The number of rotatable bonds is 7. The molecule has 2 amide bonds. The lowest BCUT2D eigenvalue weighted by Gasteiger charge is -2.25. The summed E-state index contributed by atoms with van der Waals surface area (Å²) in [6, 6.07) is 15.2. The van der Waals surface area contributed by atoms with Crippen molar-refractivity contribution in [3.8, 4) is 0 Å². The first kappa shape index (κ1) is 20.4. The highest BCUT2D eigenvalue weighted by Gasteiger charge is 2.30. The fourth-order valence-corrected chi connectivity index (χ4v) is 3.95. The van der Waals surface area contributed by atoms with Crippen molar-refractivity contribution in [2.75, 3.05) is 17.3 Å². The summed E-state index contributed by atoms with van der Waals surface area (Å²) >= 11 is 1.67. The predicted octanol–water partition coefficient (Wildman–Crippen LogP) is 1.86. The summed E-state index contributed by atoms with van der Waals surface area (Å²) in [4.78, 5) is 25.7. The molecule has 0 aromatic heterocycles. The Labute approximate surface area is 170 Å². The number of amides is 2. The van der Waals surface area contributed by atoms with Crippen LogP contribution in [0, 0.1) is 6.92 Å². The molecule has 1 aliphatic heterocycles. The Morgan fingerprint density at radius 1 is 1.18 bits per heavy atom. The van der Waals surface area contributed by atoms with Crippen LogP contribution in [0.2, 0.25) is 0 Å². The number of anilines is 1. The lowest BCUT2D eigenvalue weighted by Crippen LogP contribution is -2.93. The maximum atomic E-state index is 12.9. The smallest absolute Gasteiger partial charge is 0.279 e. The number of benzene rings is 2. The molecule has 2 aromatic carbocycles. The van der Waals surface area contributed by atoms with Crippen molar-refractivity contribution in [2.24, 2.45) is 0 Å². The molecule has 148 valence electrons. The maximum Gasteiger partial charge on any atom is 0.279 e. The van der Waals surface area contributed by atoms with E-state index in [1.165, 1.54) is 11.1 Å². The average Bonchev–Trinajstić information content (AvgIpc) is 2.70. The number of nitrogens with two attached hydrogens (primary N) is 1. The predicted molar refractivity (Wildman–Crippen MR) is 114 cm³/mol. The second-order valence-electron chi connectivity index (χ2n) is 7.22. The van der Waals surface area contributed by atoms with Gasteiger partial charge in [0.2, 0.25) is 5.91 Å². The van der Waals surface area contributed by atoms with Crippen molar-refractivity contribution in [2.45, 2.75) is 38.4 Å². The molecule has 2 atom stereocenters. The Morgan fingerprint density at radius 2 is 1.96 bits per heavy atom. The van der Waals surface area contributed by atoms with Crippen molar-refractivity contribution < 1.29 is 14.9 Å². The minimum absolute atomic E-state index is 0.0694. The number of hydrogen-bond acceptors (Lipinski definition) is 3. The van der Waals surface area contributed by atoms with Gasteiger partial charge in [-0.15, -0.1) is 0 Å². The molecule has 1 aliphatic rings. The third kappa shape index (κ3) is 5.36. The van der Waals surface area contributed by atoms with Gasteiger partial charge in [0.15, 0.2) is 6.04 Å². The van der Waals surface area contributed by atoms with Gasteiger partial charge in [0.25, 0.3) is 5.91 Å². The molecular weight excluding hydrogens is 370 g/mol. The van der Waals surface area contributed by atoms with Gasteiger partial charge in [-0.1, -0.05) is 36.4 Å². The summed E-state index contributed by atoms with van der Waals surface area (Å²) in [5, 5.41) is 7.99. The zero-order valence-electron chi connectivity index (χ0n) is 16.4. The molecule has 0 saturated heterocycles. The van der Waals surface area contributed by atoms with E-state index in [0.717, 1.165) is 23.5 Å². The molecule has 0 saturated carbocycles. The summed E-state index contributed by atoms with van der Waals surface area (Å²) in [5.74, 6) is 0.577. The summed E-state index contributed by atoms with van der Waals surface area (Å²) in [6.07, 6.45) is 3.30. The lowest BCUT2D eigenvalue weighted by molar-refractivity contribution is -0.695. The molecule has 0 unspecified atom stereocenters. The summed E-state index contributed by atoms with van der Waals surface area (Å²) in [7, 11) is 0. The van der Waals surface area contributed by atoms with Gasteiger partial charge in [-0.3, -0.25) is 9.59 Å². The fraction of sp³-hybridized carbons (Fsp3) is 0.364. The van der Waals surface area contributed by atoms with Crippen molar-refractivity contribution in [3.63, 3.8) is 0 Å². The van der Waals surface area contributed by atoms with Crippen LogP contribution in [-0.4, -0.2) is 35.9 Å². The van der Waals surface area contributed by atoms with Crippen LogP contribution in [-0.2, 0) is 22.6 Å². The van der Waals surface area contributed by atoms with Gasteiger partial charge >= 0.3 is 0 Å². The van der Waals surface area contributed by atoms with Crippen LogP contribution < -0.4 is 16.0 Å². The molecule has 1 heterocycles. The van der Waals surface area contributed by atoms with Crippen molar-refractivity contribution in [1.82, 2.24) is 5.32 Å². The number of carbonyl (C=O) groups is 2. The zero-order valence-corrected chi connectivity index (χ0v) is 17.2. The first-order valence-electron chi connectivity index (χ1n) is 9.64. The molecule has 4 N–H and O–H groups in total. The van der Waals surface area contributed by atoms with E-state index in [4.69, 9.17) is 0 Å². The van der Waals surface area contributed by atoms with Crippen LogP contribution >= 0.6 is 11.8 Å². The summed E-state index contributed by atoms with van der Waals surface area (Å²) in [5.41, 5.74) is 4.34. The Kier molecular flexibility index (Phi) is 7.12. The van der Waals surface area contributed by atoms with Gasteiger partial charge in [0.1, 0.15) is 12.6 Å². The number of hydrogen-bond donors (Lipinski definition) is 3. The topological polar surface area (TPSA) is 74.8 Å². The van der Waals surface area contributed by atoms with Crippen LogP contribution in [0.15, 0.2) is 48.5 Å². The van der Waals surface area contributed by atoms with E-state index in [1.807, 2.05) is 49.6 Å². The van der Waals surface area contributed by atoms with E-state index in [1.54, 1.807) is 11.8 Å². The van der Waals surface area contributed by atoms with Crippen LogP contribution in [0.1, 0.15) is 23.1 Å². The second kappa shape index (κ2) is 9.75. The van der Waals surface area contributed by atoms with E-state index in [9.17, 15) is 9.59 Å². The minimum Gasteiger partial charge on any atom is -0.339 e. The van der Waals surface area contributed by atoms with Gasteiger partial charge in [0, 0.05) is 17.7 Å². The highest BCUT2D eigenvalue weighted by Crippen LogP contribution is 2.14. The molecule has 6 heteroatoms. The molecule has 2 aromatic rings. The van der Waals surface area contributed by atoms with Gasteiger partial charge < -0.3 is 16.0 Å². The SMILES string of the molecule is CSCC[C@H](NC(=O)[C@@H]1Cc2ccccc2C[NH2+]1)C(=O)Nc1cccc(C)c1. The van der Waals surface area contributed by atoms with Crippen LogP contribution in [0.25, 0.3) is 0 Å². The standard InChI is InChI=1S/C22H27N3O2S/c1-15-6-5-9-18(12-15)24-21(26)19(10-11-28-2)25-22(27)20-13-16-7-3-4-8-17(16)14-23-20/h3-9,12,19-20,23H,10-11,13-14H2,1-2H3,(H,24,26)(H,25,27)/p+1/t19-,20-/m0/s1. The average molecular weight is 399 g/mol. The highest BCUT2D eigenvalue weighted by molar-refractivity contribution is 7.98. The molecule has 0 spiro atoms. The van der Waals surface area contributed by atoms with Crippen LogP contribution in [0.3, 0.4) is 0 Å². The van der Waals surface area contributed by atoms with Crippen molar-refractivity contribution in [3.05, 3.63) is 65.2 Å². The van der Waals surface area contributed by atoms with E-state index in [0.29, 0.717) is 12.8 Å². The number of fused-ring (bicyclic) bond motifs is 1. The first-order chi connectivity index (χ1) is 13.6. The van der Waals surface area contributed by atoms with Crippen LogP contribution in [0.4, 0.5) is 5.69 Å². The number of aryl methyl sites for hydroxylation is 1. The van der Waals surface area contributed by atoms with Gasteiger partial charge in [-0.25, -0.2) is 0 Å². The normalized spacial score (nSPS) is 16.7. The number of nitrogens with one attached hydrogen (secondary N) is 2. The Hall–Kier alpha value is -2.31. The zero-order chi connectivity index (χ0) is 19.9. The lowest BCUT2D eigenvalue weighted by atomic mass is 9.95. The molecule has 5 nitrogen and oxygen atoms in total. The molecule has 0 bridgehead atoms. The number of carbonyl (C=O) groups excluding carboxylic acids is 2. The Bertz CT molecular complexity index is 840. The van der Waals surface area contributed by atoms with E-state index in [2.05, 4.69) is 28.1 Å². The van der Waals surface area contributed by atoms with Gasteiger partial charge in [-0.05, 0) is 48.6 Å². The third-order valence-electron chi connectivity index (χ3n) is 5.05. The molecule has 28 heavy (non-hydrogen) atoms. The summed E-state index contributed by atoms with van der Waals surface area (Å²) in [6.45, 7) is 2.78. The maximum absolute atomic E-state index is 12.9. The highest BCUT2D eigenvalue weighted by atomic mass is 32.2. The number of quaternary nitrogens is 1. The Morgan fingerprint density at radius 3 is 2.71 bits per heavy atom. The molecular formula is C22H28N3O2S+. The molecule has 0 radical (unpaired) electrons. The van der Waals surface area contributed by atoms with Crippen LogP contribution in [0.5, 0.6) is 0 Å². The minimum atomic E-state index is -0.536. The second-order valence-corrected chi connectivity index (χ2v) is 8.21. The summed E-state index contributed by atoms with van der Waals surface area (Å²) < 4.78 is 0. The monoisotopic (exact) mass is 398 g/mol. The number of thioether (sulfide) groups is 1. The molecule has 0 fully saturated rings. The van der Waals surface area contributed by atoms with E-state index >= 15 is 0 Å². The van der Waals surface area contributed by atoms with Crippen molar-refractivity contribution in [1.29, 1.82) is 0 Å². The molecule has 0 aliphatic carbocycles. The fourth-order valence-electron chi connectivity index (χ4n) is 3.48. The third-order valence-corrected chi connectivity index (χ3v) is 5.69. The largest absolute Gasteiger partial charge is 0.339 e. The Balaban J connectivity index is 1.64. The van der Waals surface area contributed by atoms with Gasteiger partial charge in [-0.2, -0.15) is 11.8 Å². The quantitative estimate of drug-likeness (QED) is 0.666. The molecule has 3 rings (SSSR count). The van der Waals surface area contributed by atoms with Gasteiger partial charge in [0.05, 0.1) is 0 Å². The first-order valence-corrected chi connectivity index (χ1v) is 11.0.